The van der Waals surface area contributed by atoms with Crippen LogP contribution in [0.15, 0.2) is 36.4 Å². The fourth-order valence-electron chi connectivity index (χ4n) is 2.29. The number of aliphatic hydroxyl groups excluding tert-OH is 1. The van der Waals surface area contributed by atoms with Gasteiger partial charge in [0.25, 0.3) is 0 Å². The molecule has 126 valence electrons. The molecule has 0 aliphatic carbocycles. The highest BCUT2D eigenvalue weighted by Gasteiger charge is 2.39. The van der Waals surface area contributed by atoms with Gasteiger partial charge in [-0.15, -0.1) is 0 Å². The van der Waals surface area contributed by atoms with Gasteiger partial charge in [-0.2, -0.15) is 0 Å². The predicted octanol–water partition coefficient (Wildman–Crippen LogP) is 2.23. The number of carbonyl (C=O) groups is 2. The highest BCUT2D eigenvalue weighted by molar-refractivity contribution is 6.30. The van der Waals surface area contributed by atoms with Gasteiger partial charge in [0, 0.05) is 28.8 Å². The average molecular weight is 342 g/mol. The van der Waals surface area contributed by atoms with Gasteiger partial charge < -0.3 is 20.6 Å². The average Bonchev–Trinajstić information content (AvgIpc) is 2.42. The first-order chi connectivity index (χ1) is 10.6. The van der Waals surface area contributed by atoms with Crippen LogP contribution in [0.25, 0.3) is 0 Å². The number of benzene rings is 1. The Morgan fingerprint density at radius 3 is 2.22 bits per heavy atom. The van der Waals surface area contributed by atoms with Crippen LogP contribution >= 0.6 is 11.6 Å². The zero-order valence-corrected chi connectivity index (χ0v) is 13.6. The summed E-state index contributed by atoms with van der Waals surface area (Å²) in [6, 6.07) is 7.56. The maximum Gasteiger partial charge on any atom is 0.328 e. The van der Waals surface area contributed by atoms with E-state index < -0.39 is 18.0 Å². The highest BCUT2D eigenvalue weighted by atomic mass is 35.5. The minimum absolute atomic E-state index is 0.151. The monoisotopic (exact) mass is 341 g/mol. The first-order valence-corrected chi connectivity index (χ1v) is 7.34. The second-order valence-corrected chi connectivity index (χ2v) is 6.28. The molecular formula is C16H20ClNO5. The Labute approximate surface area is 139 Å². The van der Waals surface area contributed by atoms with E-state index in [9.17, 15) is 14.7 Å². The van der Waals surface area contributed by atoms with Gasteiger partial charge in [-0.3, -0.25) is 0 Å². The molecular weight excluding hydrogens is 322 g/mol. The Kier molecular flexibility index (Phi) is 6.75. The van der Waals surface area contributed by atoms with E-state index in [4.69, 9.17) is 21.8 Å². The normalized spacial score (nSPS) is 20.1. The lowest BCUT2D eigenvalue weighted by Gasteiger charge is -2.46. The van der Waals surface area contributed by atoms with Gasteiger partial charge in [0.05, 0.1) is 6.10 Å². The van der Waals surface area contributed by atoms with Gasteiger partial charge >= 0.3 is 11.9 Å². The van der Waals surface area contributed by atoms with E-state index in [0.29, 0.717) is 17.2 Å². The number of carboxylic acid groups (broad SMARTS) is 2. The Bertz CT molecular complexity index is 576. The zero-order chi connectivity index (χ0) is 17.6. The zero-order valence-electron chi connectivity index (χ0n) is 12.9. The molecule has 1 aromatic rings. The van der Waals surface area contributed by atoms with Gasteiger partial charge in [-0.05, 0) is 38.0 Å². The maximum absolute atomic E-state index is 10.1. The quantitative estimate of drug-likeness (QED) is 0.626. The van der Waals surface area contributed by atoms with Crippen molar-refractivity contribution in [3.8, 4) is 0 Å². The summed E-state index contributed by atoms with van der Waals surface area (Å²) in [7, 11) is 0. The summed E-state index contributed by atoms with van der Waals surface area (Å²) < 4.78 is 0. The molecule has 1 aliphatic rings. The lowest BCUT2D eigenvalue weighted by atomic mass is 9.81. The standard InChI is InChI=1S/C12H16ClNO.C4H4O4/c1-12(2)7-10(14-12)11(15)8-4-3-5-9(13)6-8;5-3(6)1-2-4(7)8/h3-6,10-11,14-15H,7H2,1-2H3;1-2H,(H,5,6)(H,7,8)/b;2-1-/t10-,11-;/m1./s1. The first-order valence-electron chi connectivity index (χ1n) is 6.96. The van der Waals surface area contributed by atoms with Crippen LogP contribution in [-0.2, 0) is 9.59 Å². The molecule has 4 N–H and O–H groups in total. The maximum atomic E-state index is 10.1. The lowest BCUT2D eigenvalue weighted by Crippen LogP contribution is -2.61. The summed E-state index contributed by atoms with van der Waals surface area (Å²) in [6.07, 6.45) is 1.64. The van der Waals surface area contributed by atoms with Crippen molar-refractivity contribution in [2.24, 2.45) is 0 Å². The number of halogens is 1. The van der Waals surface area contributed by atoms with Crippen LogP contribution in [0.5, 0.6) is 0 Å². The molecule has 1 aliphatic heterocycles. The van der Waals surface area contributed by atoms with Crippen LogP contribution in [0, 0.1) is 0 Å². The van der Waals surface area contributed by atoms with Crippen LogP contribution in [0.4, 0.5) is 0 Å². The third kappa shape index (κ3) is 6.81. The number of rotatable bonds is 4. The third-order valence-corrected chi connectivity index (χ3v) is 3.48. The van der Waals surface area contributed by atoms with Crippen LogP contribution in [-0.4, -0.2) is 38.8 Å². The topological polar surface area (TPSA) is 107 Å². The summed E-state index contributed by atoms with van der Waals surface area (Å²) in [5.74, 6) is -2.51. The molecule has 23 heavy (non-hydrogen) atoms. The fourth-order valence-corrected chi connectivity index (χ4v) is 2.49. The van der Waals surface area contributed by atoms with Crippen molar-refractivity contribution < 1.29 is 24.9 Å². The van der Waals surface area contributed by atoms with E-state index in [0.717, 1.165) is 12.0 Å². The summed E-state index contributed by atoms with van der Waals surface area (Å²) >= 11 is 5.88. The number of carboxylic acids is 2. The van der Waals surface area contributed by atoms with Crippen LogP contribution in [0.1, 0.15) is 31.9 Å². The van der Waals surface area contributed by atoms with Gasteiger partial charge in [-0.25, -0.2) is 9.59 Å². The molecule has 0 unspecified atom stereocenters. The van der Waals surface area contributed by atoms with Crippen LogP contribution in [0.3, 0.4) is 0 Å². The highest BCUT2D eigenvalue weighted by Crippen LogP contribution is 2.32. The molecule has 1 fully saturated rings. The molecule has 0 aromatic heterocycles. The van der Waals surface area contributed by atoms with Crippen LogP contribution < -0.4 is 5.32 Å². The van der Waals surface area contributed by atoms with Crippen LogP contribution in [0.2, 0.25) is 5.02 Å². The third-order valence-electron chi connectivity index (χ3n) is 3.25. The second-order valence-electron chi connectivity index (χ2n) is 5.85. The second kappa shape index (κ2) is 8.10. The van der Waals surface area contributed by atoms with Gasteiger partial charge in [0.15, 0.2) is 0 Å². The van der Waals surface area contributed by atoms with Crippen molar-refractivity contribution in [1.29, 1.82) is 0 Å². The number of nitrogens with one attached hydrogen (secondary N) is 1. The van der Waals surface area contributed by atoms with E-state index >= 15 is 0 Å². The molecule has 0 amide bonds. The van der Waals surface area contributed by atoms with Gasteiger partial charge in [0.1, 0.15) is 0 Å². The molecule has 1 heterocycles. The summed E-state index contributed by atoms with van der Waals surface area (Å²) in [5.41, 5.74) is 1.04. The molecule has 0 bridgehead atoms. The molecule has 0 radical (unpaired) electrons. The molecule has 7 heteroatoms. The Balaban J connectivity index is 0.000000284. The lowest BCUT2D eigenvalue weighted by molar-refractivity contribution is -0.134. The Morgan fingerprint density at radius 2 is 1.83 bits per heavy atom. The minimum Gasteiger partial charge on any atom is -0.478 e. The number of aliphatic hydroxyl groups is 1. The van der Waals surface area contributed by atoms with E-state index in [-0.39, 0.29) is 11.6 Å². The van der Waals surface area contributed by atoms with Gasteiger partial charge in [-0.1, -0.05) is 23.7 Å². The van der Waals surface area contributed by atoms with Crippen molar-refractivity contribution >= 4 is 23.5 Å². The van der Waals surface area contributed by atoms with Crippen molar-refractivity contribution in [3.63, 3.8) is 0 Å². The summed E-state index contributed by atoms with van der Waals surface area (Å²) in [6.45, 7) is 4.27. The molecule has 0 saturated carbocycles. The molecule has 0 spiro atoms. The molecule has 2 atom stereocenters. The number of aliphatic carboxylic acids is 2. The van der Waals surface area contributed by atoms with E-state index in [2.05, 4.69) is 19.2 Å². The summed E-state index contributed by atoms with van der Waals surface area (Å²) in [4.78, 5) is 19.1. The predicted molar refractivity (Wildman–Crippen MR) is 86.4 cm³/mol. The first kappa shape index (κ1) is 19.2. The SMILES string of the molecule is CC1(C)C[C@H]([C@H](O)c2cccc(Cl)c2)N1.O=C(O)/C=C\C(=O)O. The minimum atomic E-state index is -1.26. The van der Waals surface area contributed by atoms with E-state index in [1.54, 1.807) is 0 Å². The van der Waals surface area contributed by atoms with Crippen molar-refractivity contribution in [2.45, 2.75) is 38.0 Å². The number of hydrogen-bond acceptors (Lipinski definition) is 4. The molecule has 2 rings (SSSR count). The molecule has 1 saturated heterocycles. The fraction of sp³-hybridized carbons (Fsp3) is 0.375. The van der Waals surface area contributed by atoms with Crippen molar-refractivity contribution in [1.82, 2.24) is 5.32 Å². The number of hydrogen-bond donors (Lipinski definition) is 4. The molecule has 1 aromatic carbocycles. The molecule has 6 nitrogen and oxygen atoms in total. The van der Waals surface area contributed by atoms with Gasteiger partial charge in [0.2, 0.25) is 0 Å². The van der Waals surface area contributed by atoms with Crippen molar-refractivity contribution in [2.75, 3.05) is 0 Å². The Hall–Kier alpha value is -1.89. The largest absolute Gasteiger partial charge is 0.478 e. The smallest absolute Gasteiger partial charge is 0.328 e. The van der Waals surface area contributed by atoms with Crippen molar-refractivity contribution in [3.05, 3.63) is 47.0 Å². The van der Waals surface area contributed by atoms with E-state index in [1.165, 1.54) is 0 Å². The Morgan fingerprint density at radius 1 is 1.30 bits per heavy atom. The summed E-state index contributed by atoms with van der Waals surface area (Å²) in [5, 5.41) is 29.7. The van der Waals surface area contributed by atoms with E-state index in [1.807, 2.05) is 24.3 Å².